The Bertz CT molecular complexity index is 419. The second kappa shape index (κ2) is 8.01. The molecule has 0 saturated carbocycles. The molecule has 2 atom stereocenters. The molecule has 2 unspecified atom stereocenters. The molecule has 0 spiro atoms. The number of ether oxygens (including phenoxy) is 2. The summed E-state index contributed by atoms with van der Waals surface area (Å²) in [5.41, 5.74) is 1.21. The van der Waals surface area contributed by atoms with Crippen molar-refractivity contribution in [2.75, 3.05) is 19.8 Å². The first-order valence-electron chi connectivity index (χ1n) is 7.48. The van der Waals surface area contributed by atoms with Gasteiger partial charge in [-0.25, -0.2) is 0 Å². The van der Waals surface area contributed by atoms with Crippen molar-refractivity contribution in [2.45, 2.75) is 45.3 Å². The van der Waals surface area contributed by atoms with Crippen LogP contribution in [-0.2, 0) is 4.74 Å². The molecule has 1 aliphatic rings. The Balaban J connectivity index is 1.95. The summed E-state index contributed by atoms with van der Waals surface area (Å²) in [4.78, 5) is 0. The fourth-order valence-corrected chi connectivity index (χ4v) is 2.92. The highest BCUT2D eigenvalue weighted by Crippen LogP contribution is 2.29. The van der Waals surface area contributed by atoms with E-state index in [-0.39, 0.29) is 0 Å². The van der Waals surface area contributed by atoms with Crippen LogP contribution in [0.5, 0.6) is 5.75 Å². The molecule has 1 aromatic carbocycles. The minimum absolute atomic E-state index is 0.297. The van der Waals surface area contributed by atoms with Crippen LogP contribution in [0.1, 0.15) is 44.7 Å². The number of halogens is 1. The maximum atomic E-state index is 6.00. The van der Waals surface area contributed by atoms with Crippen LogP contribution in [0.25, 0.3) is 0 Å². The minimum atomic E-state index is 0.297. The molecular formula is C16H24BrNO2. The molecule has 20 heavy (non-hydrogen) atoms. The van der Waals surface area contributed by atoms with Crippen molar-refractivity contribution >= 4 is 15.9 Å². The molecule has 0 amide bonds. The van der Waals surface area contributed by atoms with Gasteiger partial charge in [0.2, 0.25) is 0 Å². The maximum absolute atomic E-state index is 6.00. The molecule has 112 valence electrons. The Labute approximate surface area is 130 Å². The first-order chi connectivity index (χ1) is 9.70. The third kappa shape index (κ3) is 4.47. The van der Waals surface area contributed by atoms with Gasteiger partial charge in [0.15, 0.2) is 0 Å². The zero-order chi connectivity index (χ0) is 14.4. The quantitative estimate of drug-likeness (QED) is 0.810. The second-order valence-electron chi connectivity index (χ2n) is 5.23. The van der Waals surface area contributed by atoms with Crippen LogP contribution in [0.4, 0.5) is 0 Å². The van der Waals surface area contributed by atoms with Crippen LogP contribution >= 0.6 is 15.9 Å². The van der Waals surface area contributed by atoms with E-state index in [1.54, 1.807) is 0 Å². The van der Waals surface area contributed by atoms with Gasteiger partial charge in [0.1, 0.15) is 5.75 Å². The van der Waals surface area contributed by atoms with Crippen molar-refractivity contribution in [3.05, 3.63) is 28.2 Å². The lowest BCUT2D eigenvalue weighted by Gasteiger charge is -2.19. The molecule has 1 aromatic rings. The van der Waals surface area contributed by atoms with Gasteiger partial charge in [-0.3, -0.25) is 0 Å². The minimum Gasteiger partial charge on any atom is -0.493 e. The van der Waals surface area contributed by atoms with Gasteiger partial charge in [-0.1, -0.05) is 28.9 Å². The van der Waals surface area contributed by atoms with Crippen molar-refractivity contribution in [3.8, 4) is 5.75 Å². The van der Waals surface area contributed by atoms with Crippen LogP contribution < -0.4 is 10.1 Å². The van der Waals surface area contributed by atoms with E-state index in [9.17, 15) is 0 Å². The molecule has 0 aliphatic carbocycles. The lowest BCUT2D eigenvalue weighted by atomic mass is 10.1. The van der Waals surface area contributed by atoms with Gasteiger partial charge in [0.25, 0.3) is 0 Å². The van der Waals surface area contributed by atoms with E-state index in [1.165, 1.54) is 18.4 Å². The number of hydrogen-bond acceptors (Lipinski definition) is 3. The summed E-state index contributed by atoms with van der Waals surface area (Å²) in [6.07, 6.45) is 3.71. The van der Waals surface area contributed by atoms with E-state index >= 15 is 0 Å². The molecule has 0 radical (unpaired) electrons. The molecule has 1 aliphatic heterocycles. The molecule has 0 bridgehead atoms. The second-order valence-corrected chi connectivity index (χ2v) is 6.15. The molecule has 2 rings (SSSR count). The molecule has 1 fully saturated rings. The fraction of sp³-hybridized carbons (Fsp3) is 0.625. The Morgan fingerprint density at radius 1 is 1.50 bits per heavy atom. The third-order valence-corrected chi connectivity index (χ3v) is 4.17. The fourth-order valence-electron chi connectivity index (χ4n) is 2.58. The zero-order valence-electron chi connectivity index (χ0n) is 12.3. The normalized spacial score (nSPS) is 20.1. The largest absolute Gasteiger partial charge is 0.493 e. The lowest BCUT2D eigenvalue weighted by Crippen LogP contribution is -2.19. The average Bonchev–Trinajstić information content (AvgIpc) is 2.92. The molecule has 1 saturated heterocycles. The van der Waals surface area contributed by atoms with Crippen LogP contribution in [0, 0.1) is 0 Å². The van der Waals surface area contributed by atoms with Crippen LogP contribution in [0.3, 0.4) is 0 Å². The smallest absolute Gasteiger partial charge is 0.125 e. The summed E-state index contributed by atoms with van der Waals surface area (Å²) in [6.45, 7) is 6.86. The van der Waals surface area contributed by atoms with Crippen molar-refractivity contribution < 1.29 is 9.47 Å². The number of nitrogens with one attached hydrogen (secondary N) is 1. The highest BCUT2D eigenvalue weighted by molar-refractivity contribution is 9.10. The van der Waals surface area contributed by atoms with Gasteiger partial charge < -0.3 is 14.8 Å². The summed E-state index contributed by atoms with van der Waals surface area (Å²) >= 11 is 3.52. The monoisotopic (exact) mass is 341 g/mol. The molecule has 0 aromatic heterocycles. The highest BCUT2D eigenvalue weighted by Gasteiger charge is 2.16. The van der Waals surface area contributed by atoms with E-state index in [2.05, 4.69) is 53.3 Å². The van der Waals surface area contributed by atoms with Gasteiger partial charge in [-0.05, 0) is 38.4 Å². The van der Waals surface area contributed by atoms with Crippen molar-refractivity contribution in [1.82, 2.24) is 5.32 Å². The zero-order valence-corrected chi connectivity index (χ0v) is 13.9. The Hall–Kier alpha value is -0.580. The SMILES string of the molecule is CCNC(C)c1ccc(Br)cc1OCCC1CCCO1. The number of hydrogen-bond donors (Lipinski definition) is 1. The van der Waals surface area contributed by atoms with E-state index in [0.717, 1.165) is 29.8 Å². The van der Waals surface area contributed by atoms with Crippen LogP contribution in [0.15, 0.2) is 22.7 Å². The molecule has 1 heterocycles. The molecule has 3 nitrogen and oxygen atoms in total. The van der Waals surface area contributed by atoms with Crippen molar-refractivity contribution in [2.24, 2.45) is 0 Å². The van der Waals surface area contributed by atoms with Crippen LogP contribution in [-0.4, -0.2) is 25.9 Å². The Morgan fingerprint density at radius 2 is 2.35 bits per heavy atom. The predicted molar refractivity (Wildman–Crippen MR) is 85.3 cm³/mol. The molecular weight excluding hydrogens is 318 g/mol. The van der Waals surface area contributed by atoms with Crippen LogP contribution in [0.2, 0.25) is 0 Å². The Kier molecular flexibility index (Phi) is 6.33. The van der Waals surface area contributed by atoms with Gasteiger partial charge in [-0.15, -0.1) is 0 Å². The van der Waals surface area contributed by atoms with E-state index < -0.39 is 0 Å². The van der Waals surface area contributed by atoms with Gasteiger partial charge in [0.05, 0.1) is 12.7 Å². The first kappa shape index (κ1) is 15.8. The summed E-state index contributed by atoms with van der Waals surface area (Å²) in [5.74, 6) is 0.964. The standard InChI is InChI=1S/C16H24BrNO2/c1-3-18-12(2)15-7-6-13(17)11-16(15)20-10-8-14-5-4-9-19-14/h6-7,11-12,14,18H,3-5,8-10H2,1-2H3. The van der Waals surface area contributed by atoms with E-state index in [4.69, 9.17) is 9.47 Å². The average molecular weight is 342 g/mol. The van der Waals surface area contributed by atoms with Gasteiger partial charge in [0, 0.05) is 29.1 Å². The molecule has 1 N–H and O–H groups in total. The summed E-state index contributed by atoms with van der Waals surface area (Å²) < 4.78 is 12.7. The molecule has 4 heteroatoms. The lowest BCUT2D eigenvalue weighted by molar-refractivity contribution is 0.0901. The van der Waals surface area contributed by atoms with E-state index in [1.807, 2.05) is 0 Å². The Morgan fingerprint density at radius 3 is 3.05 bits per heavy atom. The topological polar surface area (TPSA) is 30.5 Å². The first-order valence-corrected chi connectivity index (χ1v) is 8.27. The van der Waals surface area contributed by atoms with Crippen molar-refractivity contribution in [1.29, 1.82) is 0 Å². The van der Waals surface area contributed by atoms with Gasteiger partial charge in [-0.2, -0.15) is 0 Å². The summed E-state index contributed by atoms with van der Waals surface area (Å²) in [5, 5.41) is 3.43. The predicted octanol–water partition coefficient (Wildman–Crippen LogP) is 4.07. The maximum Gasteiger partial charge on any atom is 0.125 e. The van der Waals surface area contributed by atoms with Crippen molar-refractivity contribution in [3.63, 3.8) is 0 Å². The summed E-state index contributed by atoms with van der Waals surface area (Å²) in [7, 11) is 0. The number of rotatable bonds is 7. The third-order valence-electron chi connectivity index (χ3n) is 3.67. The van der Waals surface area contributed by atoms with E-state index in [0.29, 0.717) is 18.8 Å². The number of benzene rings is 1. The summed E-state index contributed by atoms with van der Waals surface area (Å²) in [6, 6.07) is 6.54. The highest BCUT2D eigenvalue weighted by atomic mass is 79.9. The van der Waals surface area contributed by atoms with Gasteiger partial charge >= 0.3 is 0 Å².